The topological polar surface area (TPSA) is 98.9 Å². The summed E-state index contributed by atoms with van der Waals surface area (Å²) in [6, 6.07) is 6.92. The lowest BCUT2D eigenvalue weighted by molar-refractivity contribution is -0.152. The number of amides is 2. The van der Waals surface area contributed by atoms with E-state index in [9.17, 15) is 14.4 Å². The molecule has 0 aliphatic carbocycles. The molecule has 112 valence electrons. The van der Waals surface area contributed by atoms with Crippen molar-refractivity contribution in [2.75, 3.05) is 18.1 Å². The first-order chi connectivity index (χ1) is 9.99. The molecule has 2 rings (SSSR count). The fraction of sp³-hybridized carbons (Fsp3) is 0.357. The number of fused-ring (bicyclic) bond motifs is 1. The fourth-order valence-electron chi connectivity index (χ4n) is 1.91. The van der Waals surface area contributed by atoms with Crippen LogP contribution in [0.25, 0.3) is 0 Å². The predicted molar refractivity (Wildman–Crippen MR) is 73.7 cm³/mol. The van der Waals surface area contributed by atoms with Gasteiger partial charge in [-0.15, -0.1) is 0 Å². The van der Waals surface area contributed by atoms with Crippen LogP contribution in [-0.2, 0) is 19.1 Å². The summed E-state index contributed by atoms with van der Waals surface area (Å²) in [5.41, 5.74) is 5.53. The number of primary amides is 1. The fourth-order valence-corrected chi connectivity index (χ4v) is 1.91. The highest BCUT2D eigenvalue weighted by atomic mass is 16.5. The van der Waals surface area contributed by atoms with E-state index in [2.05, 4.69) is 0 Å². The van der Waals surface area contributed by atoms with Crippen LogP contribution in [0.1, 0.15) is 13.3 Å². The largest absolute Gasteiger partial charge is 0.491 e. The first kappa shape index (κ1) is 14.8. The van der Waals surface area contributed by atoms with Crippen LogP contribution in [0.4, 0.5) is 5.69 Å². The summed E-state index contributed by atoms with van der Waals surface area (Å²) >= 11 is 0. The van der Waals surface area contributed by atoms with Crippen molar-refractivity contribution < 1.29 is 23.9 Å². The second kappa shape index (κ2) is 6.25. The molecule has 0 saturated carbocycles. The van der Waals surface area contributed by atoms with Gasteiger partial charge in [0.05, 0.1) is 18.7 Å². The van der Waals surface area contributed by atoms with Gasteiger partial charge in [-0.1, -0.05) is 12.1 Å². The molecule has 1 aliphatic heterocycles. The molecule has 1 heterocycles. The molecular formula is C14H16N2O5. The zero-order valence-electron chi connectivity index (χ0n) is 11.6. The molecule has 1 atom stereocenters. The number of carbonyl (C=O) groups excluding carboxylic acids is 3. The molecule has 0 fully saturated rings. The average Bonchev–Trinajstić information content (AvgIpc) is 2.59. The zero-order valence-corrected chi connectivity index (χ0v) is 11.6. The SMILES string of the molecule is C[C@H](OC(=O)CN1C(=O)CCOc2ccccc21)C(N)=O. The Balaban J connectivity index is 2.15. The number of nitrogens with two attached hydrogens (primary N) is 1. The van der Waals surface area contributed by atoms with Gasteiger partial charge in [0, 0.05) is 0 Å². The van der Waals surface area contributed by atoms with Gasteiger partial charge >= 0.3 is 5.97 Å². The lowest BCUT2D eigenvalue weighted by Gasteiger charge is -2.21. The van der Waals surface area contributed by atoms with Gasteiger partial charge < -0.3 is 15.2 Å². The number of rotatable bonds is 4. The first-order valence-electron chi connectivity index (χ1n) is 6.50. The number of hydrogen-bond donors (Lipinski definition) is 1. The van der Waals surface area contributed by atoms with Gasteiger partial charge in [0.25, 0.3) is 5.91 Å². The van der Waals surface area contributed by atoms with Crippen molar-refractivity contribution in [2.45, 2.75) is 19.4 Å². The van der Waals surface area contributed by atoms with E-state index in [4.69, 9.17) is 15.2 Å². The number of nitrogens with zero attached hydrogens (tertiary/aromatic N) is 1. The van der Waals surface area contributed by atoms with Gasteiger partial charge in [-0.25, -0.2) is 0 Å². The number of esters is 1. The molecule has 0 radical (unpaired) electrons. The zero-order chi connectivity index (χ0) is 15.4. The lowest BCUT2D eigenvalue weighted by Crippen LogP contribution is -2.39. The summed E-state index contributed by atoms with van der Waals surface area (Å²) in [5.74, 6) is -1.16. The van der Waals surface area contributed by atoms with E-state index in [1.54, 1.807) is 24.3 Å². The molecule has 1 aromatic carbocycles. The molecule has 1 aliphatic rings. The molecule has 2 amide bonds. The summed E-state index contributed by atoms with van der Waals surface area (Å²) in [7, 11) is 0. The Hall–Kier alpha value is -2.57. The lowest BCUT2D eigenvalue weighted by atomic mass is 10.2. The number of anilines is 1. The molecule has 0 aromatic heterocycles. The minimum atomic E-state index is -1.04. The maximum absolute atomic E-state index is 12.1. The minimum absolute atomic E-state index is 0.160. The van der Waals surface area contributed by atoms with Crippen LogP contribution in [0, 0.1) is 0 Å². The normalized spacial score (nSPS) is 15.5. The van der Waals surface area contributed by atoms with Gasteiger partial charge in [-0.05, 0) is 19.1 Å². The molecule has 21 heavy (non-hydrogen) atoms. The van der Waals surface area contributed by atoms with Crippen molar-refractivity contribution in [1.82, 2.24) is 0 Å². The third-order valence-corrected chi connectivity index (χ3v) is 3.03. The van der Waals surface area contributed by atoms with Crippen LogP contribution in [0.5, 0.6) is 5.75 Å². The molecule has 0 saturated heterocycles. The van der Waals surface area contributed by atoms with Gasteiger partial charge in [0.15, 0.2) is 6.10 Å². The monoisotopic (exact) mass is 292 g/mol. The Labute approximate surface area is 121 Å². The quantitative estimate of drug-likeness (QED) is 0.800. The van der Waals surface area contributed by atoms with Crippen molar-refractivity contribution in [1.29, 1.82) is 0 Å². The standard InChI is InChI=1S/C14H16N2O5/c1-9(14(15)19)21-13(18)8-16-10-4-2-3-5-11(10)20-7-6-12(16)17/h2-5,9H,6-8H2,1H3,(H2,15,19)/t9-/m0/s1. The Kier molecular flexibility index (Phi) is 4.42. The molecule has 0 spiro atoms. The van der Waals surface area contributed by atoms with E-state index in [-0.39, 0.29) is 25.5 Å². The van der Waals surface area contributed by atoms with Gasteiger partial charge in [0.2, 0.25) is 5.91 Å². The molecule has 7 heteroatoms. The Morgan fingerprint density at radius 3 is 2.86 bits per heavy atom. The van der Waals surface area contributed by atoms with Crippen LogP contribution in [-0.4, -0.2) is 37.0 Å². The van der Waals surface area contributed by atoms with Crippen LogP contribution < -0.4 is 15.4 Å². The molecule has 1 aromatic rings. The van der Waals surface area contributed by atoms with Crippen LogP contribution in [0.3, 0.4) is 0 Å². The smallest absolute Gasteiger partial charge is 0.326 e. The second-order valence-electron chi connectivity index (χ2n) is 4.58. The maximum Gasteiger partial charge on any atom is 0.326 e. The highest BCUT2D eigenvalue weighted by molar-refractivity contribution is 5.99. The number of carbonyl (C=O) groups is 3. The van der Waals surface area contributed by atoms with Crippen LogP contribution >= 0.6 is 0 Å². The molecule has 2 N–H and O–H groups in total. The van der Waals surface area contributed by atoms with E-state index in [1.807, 2.05) is 0 Å². The van der Waals surface area contributed by atoms with Crippen molar-refractivity contribution in [2.24, 2.45) is 5.73 Å². The van der Waals surface area contributed by atoms with Crippen molar-refractivity contribution in [3.63, 3.8) is 0 Å². The van der Waals surface area contributed by atoms with E-state index < -0.39 is 18.0 Å². The highest BCUT2D eigenvalue weighted by Crippen LogP contribution is 2.30. The summed E-state index contributed by atoms with van der Waals surface area (Å²) in [5, 5.41) is 0. The molecule has 0 unspecified atom stereocenters. The summed E-state index contributed by atoms with van der Waals surface area (Å²) in [6.45, 7) is 1.33. The summed E-state index contributed by atoms with van der Waals surface area (Å²) < 4.78 is 10.3. The molecule has 7 nitrogen and oxygen atoms in total. The maximum atomic E-state index is 12.1. The number of benzene rings is 1. The predicted octanol–water partition coefficient (Wildman–Crippen LogP) is 0.219. The van der Waals surface area contributed by atoms with E-state index >= 15 is 0 Å². The average molecular weight is 292 g/mol. The minimum Gasteiger partial charge on any atom is -0.491 e. The van der Waals surface area contributed by atoms with Crippen molar-refractivity contribution >= 4 is 23.5 Å². The second-order valence-corrected chi connectivity index (χ2v) is 4.58. The van der Waals surface area contributed by atoms with E-state index in [1.165, 1.54) is 11.8 Å². The van der Waals surface area contributed by atoms with E-state index in [0.29, 0.717) is 11.4 Å². The van der Waals surface area contributed by atoms with Crippen LogP contribution in [0.15, 0.2) is 24.3 Å². The first-order valence-corrected chi connectivity index (χ1v) is 6.50. The van der Waals surface area contributed by atoms with Crippen molar-refractivity contribution in [3.05, 3.63) is 24.3 Å². The summed E-state index contributed by atoms with van der Waals surface area (Å²) in [6.07, 6.45) is -0.876. The third-order valence-electron chi connectivity index (χ3n) is 3.03. The third kappa shape index (κ3) is 3.50. The van der Waals surface area contributed by atoms with Gasteiger partial charge in [-0.3, -0.25) is 19.3 Å². The molecular weight excluding hydrogens is 276 g/mol. The number of ether oxygens (including phenoxy) is 2. The van der Waals surface area contributed by atoms with Crippen molar-refractivity contribution in [3.8, 4) is 5.75 Å². The Morgan fingerprint density at radius 2 is 2.14 bits per heavy atom. The highest BCUT2D eigenvalue weighted by Gasteiger charge is 2.26. The summed E-state index contributed by atoms with van der Waals surface area (Å²) in [4.78, 5) is 36.1. The Morgan fingerprint density at radius 1 is 1.43 bits per heavy atom. The van der Waals surface area contributed by atoms with E-state index in [0.717, 1.165) is 0 Å². The molecule has 0 bridgehead atoms. The van der Waals surface area contributed by atoms with Crippen LogP contribution in [0.2, 0.25) is 0 Å². The van der Waals surface area contributed by atoms with Gasteiger partial charge in [-0.2, -0.15) is 0 Å². The Bertz CT molecular complexity index is 572. The number of hydrogen-bond acceptors (Lipinski definition) is 5. The number of para-hydroxylation sites is 2. The van der Waals surface area contributed by atoms with Gasteiger partial charge in [0.1, 0.15) is 12.3 Å².